The summed E-state index contributed by atoms with van der Waals surface area (Å²) in [4.78, 5) is 0. The molecular weight excluding hydrogens is 278 g/mol. The standard InChI is InChI=1S/C18H33NOS/c1-3-10-19-16(17(2)7-4-5-8-17)15-6-11-20-18(13-15)9-12-21-14-18/h15-16,19H,3-14H2,1-2H3. The van der Waals surface area contributed by atoms with E-state index in [0.717, 1.165) is 12.5 Å². The highest BCUT2D eigenvalue weighted by atomic mass is 32.2. The molecule has 1 spiro atoms. The van der Waals surface area contributed by atoms with Crippen LogP contribution in [0.25, 0.3) is 0 Å². The predicted molar refractivity (Wildman–Crippen MR) is 92.0 cm³/mol. The smallest absolute Gasteiger partial charge is 0.0783 e. The number of hydrogen-bond donors (Lipinski definition) is 1. The van der Waals surface area contributed by atoms with Gasteiger partial charge in [0.2, 0.25) is 0 Å². The maximum Gasteiger partial charge on any atom is 0.0783 e. The highest BCUT2D eigenvalue weighted by molar-refractivity contribution is 7.99. The third-order valence-electron chi connectivity index (χ3n) is 6.18. The molecule has 2 heterocycles. The lowest BCUT2D eigenvalue weighted by Crippen LogP contribution is -2.53. The summed E-state index contributed by atoms with van der Waals surface area (Å²) >= 11 is 2.10. The summed E-state index contributed by atoms with van der Waals surface area (Å²) in [5, 5.41) is 3.97. The van der Waals surface area contributed by atoms with Crippen LogP contribution in [0.15, 0.2) is 0 Å². The zero-order valence-electron chi connectivity index (χ0n) is 14.0. The molecule has 21 heavy (non-hydrogen) atoms. The maximum absolute atomic E-state index is 6.26. The van der Waals surface area contributed by atoms with E-state index in [1.807, 2.05) is 0 Å². The van der Waals surface area contributed by atoms with Gasteiger partial charge in [-0.25, -0.2) is 0 Å². The van der Waals surface area contributed by atoms with Crippen LogP contribution in [0.4, 0.5) is 0 Å². The summed E-state index contributed by atoms with van der Waals surface area (Å²) in [6.45, 7) is 7.02. The molecule has 3 aliphatic rings. The van der Waals surface area contributed by atoms with Crippen molar-refractivity contribution in [1.82, 2.24) is 5.32 Å². The Balaban J connectivity index is 1.72. The Hall–Kier alpha value is 0.270. The SMILES string of the molecule is CCCNC(C1CCOC2(CCSC2)C1)C1(C)CCCC1. The molecule has 2 aliphatic heterocycles. The highest BCUT2D eigenvalue weighted by Crippen LogP contribution is 2.48. The average Bonchev–Trinajstić information content (AvgIpc) is 3.10. The quantitative estimate of drug-likeness (QED) is 0.820. The Morgan fingerprint density at radius 3 is 2.76 bits per heavy atom. The van der Waals surface area contributed by atoms with Crippen molar-refractivity contribution < 1.29 is 4.74 Å². The summed E-state index contributed by atoms with van der Waals surface area (Å²) in [6.07, 6.45) is 10.8. The van der Waals surface area contributed by atoms with Gasteiger partial charge in [0.25, 0.3) is 0 Å². The molecule has 0 bridgehead atoms. The van der Waals surface area contributed by atoms with Crippen LogP contribution in [-0.2, 0) is 4.74 Å². The van der Waals surface area contributed by atoms with Crippen molar-refractivity contribution in [3.63, 3.8) is 0 Å². The normalized spacial score (nSPS) is 37.1. The van der Waals surface area contributed by atoms with E-state index in [0.29, 0.717) is 11.5 Å². The van der Waals surface area contributed by atoms with Crippen LogP contribution in [0, 0.1) is 11.3 Å². The van der Waals surface area contributed by atoms with Crippen molar-refractivity contribution in [3.8, 4) is 0 Å². The first-order valence-electron chi connectivity index (χ1n) is 9.13. The largest absolute Gasteiger partial charge is 0.374 e. The molecule has 0 aromatic rings. The predicted octanol–water partition coefficient (Wildman–Crippen LogP) is 4.24. The second-order valence-corrected chi connectivity index (χ2v) is 8.99. The van der Waals surface area contributed by atoms with Gasteiger partial charge in [-0.15, -0.1) is 0 Å². The van der Waals surface area contributed by atoms with Crippen molar-refractivity contribution >= 4 is 11.8 Å². The van der Waals surface area contributed by atoms with Crippen molar-refractivity contribution in [1.29, 1.82) is 0 Å². The number of thioether (sulfide) groups is 1. The van der Waals surface area contributed by atoms with Crippen molar-refractivity contribution in [2.75, 3.05) is 24.7 Å². The summed E-state index contributed by atoms with van der Waals surface area (Å²) in [6, 6.07) is 0.714. The Bertz CT molecular complexity index is 334. The summed E-state index contributed by atoms with van der Waals surface area (Å²) in [5.41, 5.74) is 0.763. The first kappa shape index (κ1) is 16.1. The molecule has 1 aliphatic carbocycles. The van der Waals surface area contributed by atoms with Gasteiger partial charge < -0.3 is 10.1 Å². The fourth-order valence-corrected chi connectivity index (χ4v) is 6.37. The average molecular weight is 312 g/mol. The van der Waals surface area contributed by atoms with E-state index in [4.69, 9.17) is 4.74 Å². The first-order valence-corrected chi connectivity index (χ1v) is 10.3. The van der Waals surface area contributed by atoms with Gasteiger partial charge in [-0.05, 0) is 62.2 Å². The zero-order chi connectivity index (χ0) is 14.8. The van der Waals surface area contributed by atoms with Gasteiger partial charge in [0.05, 0.1) is 5.60 Å². The highest BCUT2D eigenvalue weighted by Gasteiger charge is 2.47. The van der Waals surface area contributed by atoms with Gasteiger partial charge >= 0.3 is 0 Å². The molecule has 122 valence electrons. The van der Waals surface area contributed by atoms with Crippen molar-refractivity contribution in [3.05, 3.63) is 0 Å². The zero-order valence-corrected chi connectivity index (χ0v) is 14.8. The first-order chi connectivity index (χ1) is 10.2. The second-order valence-electron chi connectivity index (χ2n) is 7.88. The number of nitrogens with one attached hydrogen (secondary N) is 1. The molecule has 3 atom stereocenters. The molecule has 1 N–H and O–H groups in total. The van der Waals surface area contributed by atoms with Gasteiger partial charge in [0, 0.05) is 18.4 Å². The summed E-state index contributed by atoms with van der Waals surface area (Å²) < 4.78 is 6.26. The number of ether oxygens (including phenoxy) is 1. The molecule has 3 rings (SSSR count). The second kappa shape index (κ2) is 6.80. The van der Waals surface area contributed by atoms with Crippen LogP contribution in [0.1, 0.15) is 65.2 Å². The van der Waals surface area contributed by atoms with Crippen molar-refractivity contribution in [2.24, 2.45) is 11.3 Å². The topological polar surface area (TPSA) is 21.3 Å². The molecule has 3 heteroatoms. The molecular formula is C18H33NOS. The molecule has 3 fully saturated rings. The van der Waals surface area contributed by atoms with Gasteiger partial charge in [-0.3, -0.25) is 0 Å². The molecule has 0 aromatic heterocycles. The van der Waals surface area contributed by atoms with Crippen molar-refractivity contribution in [2.45, 2.75) is 76.9 Å². The van der Waals surface area contributed by atoms with E-state index in [9.17, 15) is 0 Å². The Morgan fingerprint density at radius 2 is 2.10 bits per heavy atom. The minimum atomic E-state index is 0.231. The van der Waals surface area contributed by atoms with Crippen LogP contribution < -0.4 is 5.32 Å². The Morgan fingerprint density at radius 1 is 1.29 bits per heavy atom. The summed E-state index contributed by atoms with van der Waals surface area (Å²) in [5.74, 6) is 3.37. The van der Waals surface area contributed by atoms with Gasteiger partial charge in [-0.1, -0.05) is 26.7 Å². The van der Waals surface area contributed by atoms with Crippen LogP contribution >= 0.6 is 11.8 Å². The minimum Gasteiger partial charge on any atom is -0.374 e. The molecule has 2 nitrogen and oxygen atoms in total. The van der Waals surface area contributed by atoms with Crippen LogP contribution in [0.5, 0.6) is 0 Å². The van der Waals surface area contributed by atoms with E-state index in [1.54, 1.807) is 0 Å². The molecule has 2 saturated heterocycles. The maximum atomic E-state index is 6.26. The summed E-state index contributed by atoms with van der Waals surface area (Å²) in [7, 11) is 0. The fraction of sp³-hybridized carbons (Fsp3) is 1.00. The molecule has 0 radical (unpaired) electrons. The fourth-order valence-electron chi connectivity index (χ4n) is 4.99. The van der Waals surface area contributed by atoms with Gasteiger partial charge in [-0.2, -0.15) is 11.8 Å². The van der Waals surface area contributed by atoms with E-state index in [-0.39, 0.29) is 5.60 Å². The Labute approximate surface area is 135 Å². The van der Waals surface area contributed by atoms with Gasteiger partial charge in [0.1, 0.15) is 0 Å². The number of rotatable bonds is 5. The molecule has 0 amide bonds. The third kappa shape index (κ3) is 3.45. The molecule has 0 aromatic carbocycles. The van der Waals surface area contributed by atoms with E-state index < -0.39 is 0 Å². The Kier molecular flexibility index (Phi) is 5.23. The lowest BCUT2D eigenvalue weighted by Gasteiger charge is -2.46. The van der Waals surface area contributed by atoms with E-state index in [2.05, 4.69) is 30.9 Å². The lowest BCUT2D eigenvalue weighted by atomic mass is 9.69. The molecule has 1 saturated carbocycles. The monoisotopic (exact) mass is 311 g/mol. The van der Waals surface area contributed by atoms with Crippen LogP contribution in [0.3, 0.4) is 0 Å². The lowest BCUT2D eigenvalue weighted by molar-refractivity contribution is -0.0929. The van der Waals surface area contributed by atoms with Gasteiger partial charge in [0.15, 0.2) is 0 Å². The minimum absolute atomic E-state index is 0.231. The van der Waals surface area contributed by atoms with Crippen LogP contribution in [-0.4, -0.2) is 36.3 Å². The molecule has 3 unspecified atom stereocenters. The number of hydrogen-bond acceptors (Lipinski definition) is 3. The third-order valence-corrected chi connectivity index (χ3v) is 7.40. The van der Waals surface area contributed by atoms with E-state index >= 15 is 0 Å². The van der Waals surface area contributed by atoms with Crippen LogP contribution in [0.2, 0.25) is 0 Å². The van der Waals surface area contributed by atoms with E-state index in [1.165, 1.54) is 69.4 Å².